The Morgan fingerprint density at radius 2 is 2.00 bits per heavy atom. The van der Waals surface area contributed by atoms with Crippen LogP contribution in [0.5, 0.6) is 11.5 Å². The molecule has 2 aromatic heterocycles. The molecule has 3 heterocycles. The summed E-state index contributed by atoms with van der Waals surface area (Å²) in [5.74, 6) is 2.53. The molecular formula is C22H23N5O2. The van der Waals surface area contributed by atoms with Gasteiger partial charge in [0, 0.05) is 24.8 Å². The van der Waals surface area contributed by atoms with Gasteiger partial charge < -0.3 is 14.5 Å². The van der Waals surface area contributed by atoms with E-state index in [0.717, 1.165) is 65.9 Å². The molecule has 1 aliphatic rings. The zero-order valence-corrected chi connectivity index (χ0v) is 16.3. The van der Waals surface area contributed by atoms with Gasteiger partial charge in [-0.25, -0.2) is 4.98 Å². The van der Waals surface area contributed by atoms with E-state index >= 15 is 0 Å². The summed E-state index contributed by atoms with van der Waals surface area (Å²) >= 11 is 0. The first-order valence-corrected chi connectivity index (χ1v) is 9.83. The Kier molecular flexibility index (Phi) is 4.75. The van der Waals surface area contributed by atoms with Crippen LogP contribution in [-0.2, 0) is 11.3 Å². The van der Waals surface area contributed by atoms with E-state index in [1.54, 1.807) is 6.20 Å². The van der Waals surface area contributed by atoms with Crippen molar-refractivity contribution >= 4 is 11.0 Å². The molecule has 1 saturated heterocycles. The van der Waals surface area contributed by atoms with Crippen molar-refractivity contribution in [3.05, 3.63) is 60.6 Å². The van der Waals surface area contributed by atoms with E-state index in [2.05, 4.69) is 27.0 Å². The Hall–Kier alpha value is -3.16. The Bertz CT molecular complexity index is 1090. The highest BCUT2D eigenvalue weighted by Crippen LogP contribution is 2.27. The molecule has 1 fully saturated rings. The maximum Gasteiger partial charge on any atom is 0.129 e. The van der Waals surface area contributed by atoms with Gasteiger partial charge in [-0.2, -0.15) is 5.10 Å². The number of fused-ring (bicyclic) bond motifs is 1. The Morgan fingerprint density at radius 1 is 1.14 bits per heavy atom. The number of imidazole rings is 1. The highest BCUT2D eigenvalue weighted by Gasteiger charge is 2.20. The molecule has 7 heteroatoms. The summed E-state index contributed by atoms with van der Waals surface area (Å²) in [7, 11) is 0. The van der Waals surface area contributed by atoms with E-state index in [-0.39, 0.29) is 0 Å². The summed E-state index contributed by atoms with van der Waals surface area (Å²) in [6.45, 7) is 5.47. The van der Waals surface area contributed by atoms with E-state index < -0.39 is 0 Å². The molecule has 29 heavy (non-hydrogen) atoms. The lowest BCUT2D eigenvalue weighted by Crippen LogP contribution is -2.43. The SMILES string of the molecule is C[C@H]1COCCN1Cc1nc2ccc(Oc3ccc(-c4ccn[nH]4)cc3)cc2[nH]1. The number of rotatable bonds is 5. The van der Waals surface area contributed by atoms with Crippen LogP contribution in [0.25, 0.3) is 22.3 Å². The molecule has 0 amide bonds. The summed E-state index contributed by atoms with van der Waals surface area (Å²) in [6, 6.07) is 16.2. The second-order valence-corrected chi connectivity index (χ2v) is 7.35. The zero-order chi connectivity index (χ0) is 19.6. The topological polar surface area (TPSA) is 79.1 Å². The van der Waals surface area contributed by atoms with Crippen LogP contribution in [0.3, 0.4) is 0 Å². The van der Waals surface area contributed by atoms with Gasteiger partial charge in [-0.15, -0.1) is 0 Å². The molecular weight excluding hydrogens is 366 g/mol. The Labute approximate surface area is 168 Å². The minimum Gasteiger partial charge on any atom is -0.457 e. The van der Waals surface area contributed by atoms with Crippen molar-refractivity contribution in [1.82, 2.24) is 25.1 Å². The third-order valence-electron chi connectivity index (χ3n) is 5.26. The van der Waals surface area contributed by atoms with Crippen LogP contribution in [0.1, 0.15) is 12.7 Å². The van der Waals surface area contributed by atoms with Crippen LogP contribution in [-0.4, -0.2) is 50.9 Å². The largest absolute Gasteiger partial charge is 0.457 e. The number of nitrogens with zero attached hydrogens (tertiary/aromatic N) is 3. The monoisotopic (exact) mass is 389 g/mol. The summed E-state index contributed by atoms with van der Waals surface area (Å²) < 4.78 is 11.6. The molecule has 2 aromatic carbocycles. The lowest BCUT2D eigenvalue weighted by Gasteiger charge is -2.32. The first kappa shape index (κ1) is 17.9. The smallest absolute Gasteiger partial charge is 0.129 e. The van der Waals surface area contributed by atoms with Crippen LogP contribution in [0.15, 0.2) is 54.7 Å². The summed E-state index contributed by atoms with van der Waals surface area (Å²) in [5.41, 5.74) is 3.98. The number of aromatic nitrogens is 4. The predicted octanol–water partition coefficient (Wildman–Crippen LogP) is 3.97. The molecule has 0 saturated carbocycles. The number of hydrogen-bond acceptors (Lipinski definition) is 5. The second kappa shape index (κ2) is 7.69. The van der Waals surface area contributed by atoms with Crippen molar-refractivity contribution < 1.29 is 9.47 Å². The van der Waals surface area contributed by atoms with Gasteiger partial charge >= 0.3 is 0 Å². The number of aromatic amines is 2. The van der Waals surface area contributed by atoms with E-state index in [0.29, 0.717) is 6.04 Å². The lowest BCUT2D eigenvalue weighted by atomic mass is 10.1. The molecule has 5 rings (SSSR count). The fourth-order valence-corrected chi connectivity index (χ4v) is 3.62. The lowest BCUT2D eigenvalue weighted by molar-refractivity contribution is -0.00535. The number of morpholine rings is 1. The quantitative estimate of drug-likeness (QED) is 0.540. The van der Waals surface area contributed by atoms with E-state index in [4.69, 9.17) is 14.5 Å². The van der Waals surface area contributed by atoms with Crippen molar-refractivity contribution in [3.8, 4) is 22.8 Å². The predicted molar refractivity (Wildman–Crippen MR) is 111 cm³/mol. The van der Waals surface area contributed by atoms with Crippen molar-refractivity contribution in [3.63, 3.8) is 0 Å². The maximum atomic E-state index is 6.03. The standard InChI is InChI=1S/C22H23N5O2/c1-15-14-28-11-10-27(15)13-22-24-20-7-6-18(12-21(20)25-22)29-17-4-2-16(3-5-17)19-8-9-23-26-19/h2-9,12,15H,10-11,13-14H2,1H3,(H,23,26)(H,24,25)/t15-/m0/s1. The van der Waals surface area contributed by atoms with Crippen LogP contribution in [0.2, 0.25) is 0 Å². The third-order valence-corrected chi connectivity index (χ3v) is 5.26. The van der Waals surface area contributed by atoms with Crippen molar-refractivity contribution in [1.29, 1.82) is 0 Å². The van der Waals surface area contributed by atoms with Gasteiger partial charge in [-0.1, -0.05) is 0 Å². The van der Waals surface area contributed by atoms with E-state index in [1.165, 1.54) is 0 Å². The molecule has 0 aliphatic carbocycles. The minimum atomic E-state index is 0.403. The summed E-state index contributed by atoms with van der Waals surface area (Å²) in [5, 5.41) is 6.95. The number of nitrogens with one attached hydrogen (secondary N) is 2. The average molecular weight is 389 g/mol. The Morgan fingerprint density at radius 3 is 2.79 bits per heavy atom. The van der Waals surface area contributed by atoms with Gasteiger partial charge in [-0.3, -0.25) is 10.00 Å². The Balaban J connectivity index is 1.31. The van der Waals surface area contributed by atoms with Crippen LogP contribution >= 0.6 is 0 Å². The molecule has 4 aromatic rings. The zero-order valence-electron chi connectivity index (χ0n) is 16.3. The fourth-order valence-electron chi connectivity index (χ4n) is 3.62. The first-order valence-electron chi connectivity index (χ1n) is 9.83. The number of hydrogen-bond donors (Lipinski definition) is 2. The fraction of sp³-hybridized carbons (Fsp3) is 0.273. The maximum absolute atomic E-state index is 6.03. The molecule has 0 spiro atoms. The van der Waals surface area contributed by atoms with Crippen LogP contribution in [0, 0.1) is 0 Å². The highest BCUT2D eigenvalue weighted by atomic mass is 16.5. The van der Waals surface area contributed by atoms with Crippen molar-refractivity contribution in [2.75, 3.05) is 19.8 Å². The summed E-state index contributed by atoms with van der Waals surface area (Å²) in [6.07, 6.45) is 1.74. The number of ether oxygens (including phenoxy) is 2. The molecule has 148 valence electrons. The minimum absolute atomic E-state index is 0.403. The van der Waals surface area contributed by atoms with Crippen LogP contribution < -0.4 is 4.74 Å². The molecule has 1 atom stereocenters. The molecule has 1 aliphatic heterocycles. The van der Waals surface area contributed by atoms with Gasteiger partial charge in [0.05, 0.1) is 36.5 Å². The van der Waals surface area contributed by atoms with Gasteiger partial charge in [0.15, 0.2) is 0 Å². The van der Waals surface area contributed by atoms with Crippen LogP contribution in [0.4, 0.5) is 0 Å². The van der Waals surface area contributed by atoms with Gasteiger partial charge in [-0.05, 0) is 55.0 Å². The highest BCUT2D eigenvalue weighted by molar-refractivity contribution is 5.77. The van der Waals surface area contributed by atoms with E-state index in [9.17, 15) is 0 Å². The first-order chi connectivity index (χ1) is 14.2. The van der Waals surface area contributed by atoms with Gasteiger partial charge in [0.25, 0.3) is 0 Å². The number of benzene rings is 2. The molecule has 7 nitrogen and oxygen atoms in total. The molecule has 0 radical (unpaired) electrons. The van der Waals surface area contributed by atoms with Crippen molar-refractivity contribution in [2.24, 2.45) is 0 Å². The average Bonchev–Trinajstić information content (AvgIpc) is 3.40. The van der Waals surface area contributed by atoms with E-state index in [1.807, 2.05) is 48.5 Å². The third kappa shape index (κ3) is 3.87. The molecule has 0 bridgehead atoms. The molecule has 2 N–H and O–H groups in total. The second-order valence-electron chi connectivity index (χ2n) is 7.35. The molecule has 0 unspecified atom stereocenters. The normalized spacial score (nSPS) is 17.6. The van der Waals surface area contributed by atoms with Gasteiger partial charge in [0.2, 0.25) is 0 Å². The van der Waals surface area contributed by atoms with Crippen molar-refractivity contribution in [2.45, 2.75) is 19.5 Å². The van der Waals surface area contributed by atoms with Gasteiger partial charge in [0.1, 0.15) is 17.3 Å². The summed E-state index contributed by atoms with van der Waals surface area (Å²) in [4.78, 5) is 10.5. The number of H-pyrrole nitrogens is 2.